The summed E-state index contributed by atoms with van der Waals surface area (Å²) in [6.07, 6.45) is 0. The van der Waals surface area contributed by atoms with Gasteiger partial charge in [-0.1, -0.05) is 0 Å². The number of nitrogen functional groups attached to an aromatic ring is 1. The summed E-state index contributed by atoms with van der Waals surface area (Å²) in [6, 6.07) is 4.47. The number of benzene rings is 1. The summed E-state index contributed by atoms with van der Waals surface area (Å²) in [6.45, 7) is 1.46. The highest BCUT2D eigenvalue weighted by Gasteiger charge is 2.17. The second-order valence-corrected chi connectivity index (χ2v) is 2.96. The molecule has 0 fully saturated rings. The highest BCUT2D eigenvalue weighted by atomic mass is 16.5. The van der Waals surface area contributed by atoms with Gasteiger partial charge in [-0.15, -0.1) is 0 Å². The average molecular weight is 192 g/mol. The first-order chi connectivity index (χ1) is 6.59. The van der Waals surface area contributed by atoms with Crippen molar-refractivity contribution in [3.05, 3.63) is 34.4 Å². The highest BCUT2D eigenvalue weighted by molar-refractivity contribution is 5.72. The Bertz CT molecular complexity index is 512. The van der Waals surface area contributed by atoms with Crippen molar-refractivity contribution in [2.24, 2.45) is 0 Å². The fourth-order valence-corrected chi connectivity index (χ4v) is 1.27. The molecule has 2 rings (SSSR count). The molecule has 0 amide bonds. The molecule has 0 aliphatic carbocycles. The minimum atomic E-state index is 0.0955. The Morgan fingerprint density at radius 3 is 2.71 bits per heavy atom. The molecule has 6 heteroatoms. The van der Waals surface area contributed by atoms with Crippen molar-refractivity contribution in [3.8, 4) is 0 Å². The van der Waals surface area contributed by atoms with Gasteiger partial charge in [0, 0.05) is 24.7 Å². The zero-order valence-electron chi connectivity index (χ0n) is 7.47. The predicted octanol–water partition coefficient (Wildman–Crippen LogP) is -0.608. The average Bonchev–Trinajstić information content (AvgIpc) is 2.14. The van der Waals surface area contributed by atoms with Crippen molar-refractivity contribution in [2.45, 2.75) is 6.92 Å². The molecule has 0 radical (unpaired) electrons. The van der Waals surface area contributed by atoms with Crippen LogP contribution < -0.4 is 15.3 Å². The maximum absolute atomic E-state index is 11.5. The van der Waals surface area contributed by atoms with Gasteiger partial charge in [-0.05, 0) is 6.07 Å². The van der Waals surface area contributed by atoms with Gasteiger partial charge in [0.25, 0.3) is 0 Å². The lowest BCUT2D eigenvalue weighted by atomic mass is 10.3. The molecular weight excluding hydrogens is 184 g/mol. The molecule has 0 saturated heterocycles. The lowest BCUT2D eigenvalue weighted by Crippen LogP contribution is -2.44. The van der Waals surface area contributed by atoms with Crippen LogP contribution in [0, 0.1) is 17.3 Å². The fourth-order valence-electron chi connectivity index (χ4n) is 1.27. The number of nitrogens with two attached hydrogens (primary N) is 1. The maximum atomic E-state index is 11.5. The molecule has 6 nitrogen and oxygen atoms in total. The molecule has 1 aromatic carbocycles. The third-order valence-electron chi connectivity index (χ3n) is 1.95. The molecule has 72 valence electrons. The zero-order chi connectivity index (χ0) is 10.3. The van der Waals surface area contributed by atoms with Gasteiger partial charge in [0.2, 0.25) is 10.6 Å². The molecule has 2 aromatic rings. The third kappa shape index (κ3) is 1.08. The van der Waals surface area contributed by atoms with Gasteiger partial charge in [0.1, 0.15) is 0 Å². The van der Waals surface area contributed by atoms with E-state index >= 15 is 0 Å². The van der Waals surface area contributed by atoms with E-state index in [4.69, 9.17) is 5.73 Å². The molecule has 0 atom stereocenters. The number of rotatable bonds is 0. The Labute approximate surface area is 79.4 Å². The first-order valence-electron chi connectivity index (χ1n) is 3.99. The van der Waals surface area contributed by atoms with Crippen LogP contribution in [-0.2, 0) is 0 Å². The van der Waals surface area contributed by atoms with E-state index in [0.717, 1.165) is 0 Å². The summed E-state index contributed by atoms with van der Waals surface area (Å²) in [5.41, 5.74) is 6.38. The Balaban J connectivity index is 2.95. The first kappa shape index (κ1) is 8.49. The van der Waals surface area contributed by atoms with Crippen LogP contribution in [0.2, 0.25) is 0 Å². The highest BCUT2D eigenvalue weighted by Crippen LogP contribution is 2.09. The van der Waals surface area contributed by atoms with Gasteiger partial charge < -0.3 is 16.1 Å². The van der Waals surface area contributed by atoms with Gasteiger partial charge in [0.05, 0.1) is 4.85 Å². The van der Waals surface area contributed by atoms with Crippen molar-refractivity contribution < 1.29 is 9.58 Å². The molecule has 1 heterocycles. The van der Waals surface area contributed by atoms with Crippen LogP contribution in [0.5, 0.6) is 0 Å². The van der Waals surface area contributed by atoms with E-state index in [1.54, 1.807) is 6.07 Å². The van der Waals surface area contributed by atoms with E-state index in [0.29, 0.717) is 15.3 Å². The second-order valence-electron chi connectivity index (χ2n) is 2.96. The van der Waals surface area contributed by atoms with Crippen molar-refractivity contribution in [1.82, 2.24) is 5.10 Å². The van der Waals surface area contributed by atoms with Gasteiger partial charge in [-0.2, -0.15) is 0 Å². The van der Waals surface area contributed by atoms with Crippen molar-refractivity contribution >= 4 is 16.7 Å². The second kappa shape index (κ2) is 2.69. The van der Waals surface area contributed by atoms with Crippen molar-refractivity contribution in [1.29, 1.82) is 0 Å². The fraction of sp³-hybridized carbons (Fsp3) is 0.125. The Hall–Kier alpha value is -2.11. The summed E-state index contributed by atoms with van der Waals surface area (Å²) in [7, 11) is 0. The van der Waals surface area contributed by atoms with E-state index in [-0.39, 0.29) is 16.9 Å². The zero-order valence-corrected chi connectivity index (χ0v) is 7.47. The molecule has 2 N–H and O–H groups in total. The van der Waals surface area contributed by atoms with E-state index < -0.39 is 0 Å². The molecule has 14 heavy (non-hydrogen) atoms. The van der Waals surface area contributed by atoms with Crippen LogP contribution in [0.15, 0.2) is 18.2 Å². The third-order valence-corrected chi connectivity index (χ3v) is 1.95. The van der Waals surface area contributed by atoms with Gasteiger partial charge >= 0.3 is 11.3 Å². The molecule has 0 saturated carbocycles. The maximum Gasteiger partial charge on any atom is 0.374 e. The normalized spacial score (nSPS) is 10.6. The predicted molar refractivity (Wildman–Crippen MR) is 48.8 cm³/mol. The Morgan fingerprint density at radius 2 is 2.00 bits per heavy atom. The standard InChI is InChI=1S/C8H8N4O2/c1-5-10-12(14)7-3-2-6(9)4-8(7)11(5)13/h2-4H,9H2,1H3. The van der Waals surface area contributed by atoms with E-state index in [1.807, 2.05) is 0 Å². The smallest absolute Gasteiger partial charge is 0.374 e. The lowest BCUT2D eigenvalue weighted by Gasteiger charge is -2.05. The van der Waals surface area contributed by atoms with Crippen LogP contribution in [0.4, 0.5) is 5.69 Å². The minimum absolute atomic E-state index is 0.0955. The summed E-state index contributed by atoms with van der Waals surface area (Å²) < 4.78 is 0.583. The topological polar surface area (TPSA) is 92.8 Å². The van der Waals surface area contributed by atoms with E-state index in [2.05, 4.69) is 5.10 Å². The van der Waals surface area contributed by atoms with Crippen molar-refractivity contribution in [2.75, 3.05) is 5.73 Å². The number of aromatic nitrogens is 3. The minimum Gasteiger partial charge on any atom is -0.710 e. The molecule has 0 unspecified atom stereocenters. The summed E-state index contributed by atoms with van der Waals surface area (Å²) in [5.74, 6) is 0.0955. The van der Waals surface area contributed by atoms with Crippen LogP contribution >= 0.6 is 0 Å². The number of hydrogen-bond acceptors (Lipinski definition) is 4. The number of hydrogen-bond donors (Lipinski definition) is 1. The van der Waals surface area contributed by atoms with Crippen molar-refractivity contribution in [3.63, 3.8) is 0 Å². The SMILES string of the molecule is Cc1n[n+]([O-])c2ccc(N)cc2[n+]1[O-]. The van der Waals surface area contributed by atoms with Crippen LogP contribution in [0.1, 0.15) is 5.82 Å². The Kier molecular flexibility index (Phi) is 1.63. The van der Waals surface area contributed by atoms with E-state index in [1.165, 1.54) is 19.1 Å². The molecule has 0 bridgehead atoms. The number of fused-ring (bicyclic) bond motifs is 1. The van der Waals surface area contributed by atoms with Crippen LogP contribution in [-0.4, -0.2) is 5.10 Å². The van der Waals surface area contributed by atoms with E-state index in [9.17, 15) is 10.4 Å². The van der Waals surface area contributed by atoms with Gasteiger partial charge in [0.15, 0.2) is 0 Å². The first-order valence-corrected chi connectivity index (χ1v) is 3.99. The molecular formula is C8H8N4O2. The lowest BCUT2D eigenvalue weighted by molar-refractivity contribution is -0.684. The Morgan fingerprint density at radius 1 is 1.29 bits per heavy atom. The van der Waals surface area contributed by atoms with Gasteiger partial charge in [-0.3, -0.25) is 0 Å². The van der Waals surface area contributed by atoms with Crippen LogP contribution in [0.3, 0.4) is 0 Å². The van der Waals surface area contributed by atoms with Crippen LogP contribution in [0.25, 0.3) is 11.0 Å². The quantitative estimate of drug-likeness (QED) is 0.342. The summed E-state index contributed by atoms with van der Waals surface area (Å²) in [4.78, 5) is 0.415. The number of anilines is 1. The molecule has 1 aromatic heterocycles. The largest absolute Gasteiger partial charge is 0.710 e. The number of nitrogens with zero attached hydrogens (tertiary/aromatic N) is 3. The molecule has 0 aliphatic rings. The van der Waals surface area contributed by atoms with Gasteiger partial charge in [-0.25, -0.2) is 4.73 Å². The summed E-state index contributed by atoms with van der Waals surface area (Å²) >= 11 is 0. The molecule has 0 aliphatic heterocycles. The number of aryl methyl sites for hydroxylation is 1. The summed E-state index contributed by atoms with van der Waals surface area (Å²) in [5, 5.41) is 26.3. The monoisotopic (exact) mass is 192 g/mol. The molecule has 0 spiro atoms.